The molecule has 0 aromatic heterocycles. The molecule has 0 radical (unpaired) electrons. The largest absolute Gasteiger partial charge is 0.395 e. The average molecular weight is 292 g/mol. The van der Waals surface area contributed by atoms with Crippen LogP contribution in [0.15, 0.2) is 30.3 Å². The maximum Gasteiger partial charge on any atom is 0.317 e. The Morgan fingerprint density at radius 2 is 2.19 bits per heavy atom. The SMILES string of the molecule is CC1(CNC(=O)N(CCO)Cc2ccccc2)CCCO1. The van der Waals surface area contributed by atoms with Gasteiger partial charge < -0.3 is 20.1 Å². The Balaban J connectivity index is 1.89. The predicted molar refractivity (Wildman–Crippen MR) is 80.9 cm³/mol. The molecule has 2 rings (SSSR count). The average Bonchev–Trinajstić information content (AvgIpc) is 2.93. The molecular formula is C16H24N2O3. The van der Waals surface area contributed by atoms with Crippen molar-refractivity contribution in [1.29, 1.82) is 0 Å². The van der Waals surface area contributed by atoms with Crippen LogP contribution in [-0.4, -0.2) is 47.9 Å². The smallest absolute Gasteiger partial charge is 0.317 e. The van der Waals surface area contributed by atoms with Gasteiger partial charge in [0, 0.05) is 26.2 Å². The van der Waals surface area contributed by atoms with Crippen LogP contribution in [0.4, 0.5) is 4.79 Å². The highest BCUT2D eigenvalue weighted by Crippen LogP contribution is 2.23. The third-order valence-electron chi connectivity index (χ3n) is 3.79. The number of nitrogens with zero attached hydrogens (tertiary/aromatic N) is 1. The molecule has 1 aromatic carbocycles. The quantitative estimate of drug-likeness (QED) is 0.840. The number of aliphatic hydroxyl groups excluding tert-OH is 1. The summed E-state index contributed by atoms with van der Waals surface area (Å²) in [5.41, 5.74) is 0.789. The zero-order chi connectivity index (χ0) is 15.1. The summed E-state index contributed by atoms with van der Waals surface area (Å²) in [6.45, 7) is 4.05. The molecule has 0 aliphatic carbocycles. The number of benzene rings is 1. The van der Waals surface area contributed by atoms with Gasteiger partial charge in [0.1, 0.15) is 0 Å². The van der Waals surface area contributed by atoms with Crippen molar-refractivity contribution in [3.63, 3.8) is 0 Å². The molecule has 0 spiro atoms. The van der Waals surface area contributed by atoms with E-state index in [9.17, 15) is 4.79 Å². The summed E-state index contributed by atoms with van der Waals surface area (Å²) in [6.07, 6.45) is 2.00. The highest BCUT2D eigenvalue weighted by Gasteiger charge is 2.30. The number of aliphatic hydroxyl groups is 1. The first-order chi connectivity index (χ1) is 10.1. The van der Waals surface area contributed by atoms with Crippen LogP contribution in [0, 0.1) is 0 Å². The predicted octanol–water partition coefficient (Wildman–Crippen LogP) is 1.76. The minimum Gasteiger partial charge on any atom is -0.395 e. The Labute approximate surface area is 125 Å². The molecule has 0 saturated carbocycles. The van der Waals surface area contributed by atoms with E-state index in [4.69, 9.17) is 9.84 Å². The molecule has 1 aromatic rings. The Morgan fingerprint density at radius 3 is 2.81 bits per heavy atom. The Morgan fingerprint density at radius 1 is 1.43 bits per heavy atom. The first-order valence-corrected chi connectivity index (χ1v) is 7.44. The first-order valence-electron chi connectivity index (χ1n) is 7.44. The van der Waals surface area contributed by atoms with Gasteiger partial charge in [-0.3, -0.25) is 0 Å². The molecule has 1 atom stereocenters. The Hall–Kier alpha value is -1.59. The van der Waals surface area contributed by atoms with Crippen molar-refractivity contribution < 1.29 is 14.6 Å². The minimum absolute atomic E-state index is 0.0476. The number of nitrogens with one attached hydrogen (secondary N) is 1. The van der Waals surface area contributed by atoms with Gasteiger partial charge in [-0.05, 0) is 25.3 Å². The molecule has 5 heteroatoms. The van der Waals surface area contributed by atoms with Crippen LogP contribution in [0.25, 0.3) is 0 Å². The lowest BCUT2D eigenvalue weighted by atomic mass is 10.0. The van der Waals surface area contributed by atoms with Gasteiger partial charge in [-0.15, -0.1) is 0 Å². The van der Waals surface area contributed by atoms with Crippen molar-refractivity contribution in [2.45, 2.75) is 31.9 Å². The second-order valence-corrected chi connectivity index (χ2v) is 5.69. The fourth-order valence-corrected chi connectivity index (χ4v) is 2.53. The lowest BCUT2D eigenvalue weighted by Crippen LogP contribution is -2.47. The molecule has 1 aliphatic rings. The summed E-state index contributed by atoms with van der Waals surface area (Å²) in [6, 6.07) is 9.61. The van der Waals surface area contributed by atoms with Crippen LogP contribution < -0.4 is 5.32 Å². The number of hydrogen-bond donors (Lipinski definition) is 2. The molecule has 0 bridgehead atoms. The van der Waals surface area contributed by atoms with Crippen molar-refractivity contribution >= 4 is 6.03 Å². The molecule has 1 fully saturated rings. The van der Waals surface area contributed by atoms with Gasteiger partial charge in [-0.1, -0.05) is 30.3 Å². The van der Waals surface area contributed by atoms with Gasteiger partial charge >= 0.3 is 6.03 Å². The minimum atomic E-state index is -0.257. The molecule has 5 nitrogen and oxygen atoms in total. The summed E-state index contributed by atoms with van der Waals surface area (Å²) in [5.74, 6) is 0. The van der Waals surface area contributed by atoms with Gasteiger partial charge in [-0.25, -0.2) is 4.79 Å². The number of rotatable bonds is 6. The van der Waals surface area contributed by atoms with Crippen molar-refractivity contribution in [2.75, 3.05) is 26.3 Å². The Bertz CT molecular complexity index is 444. The van der Waals surface area contributed by atoms with E-state index in [2.05, 4.69) is 5.32 Å². The molecule has 2 amide bonds. The fraction of sp³-hybridized carbons (Fsp3) is 0.562. The van der Waals surface area contributed by atoms with Gasteiger partial charge in [-0.2, -0.15) is 0 Å². The second-order valence-electron chi connectivity index (χ2n) is 5.69. The molecule has 21 heavy (non-hydrogen) atoms. The van der Waals surface area contributed by atoms with E-state index in [0.29, 0.717) is 19.6 Å². The van der Waals surface area contributed by atoms with Crippen LogP contribution >= 0.6 is 0 Å². The number of ether oxygens (including phenoxy) is 1. The maximum atomic E-state index is 12.3. The normalized spacial score (nSPS) is 21.2. The van der Waals surface area contributed by atoms with Crippen molar-refractivity contribution in [2.24, 2.45) is 0 Å². The fourth-order valence-electron chi connectivity index (χ4n) is 2.53. The summed E-state index contributed by atoms with van der Waals surface area (Å²) in [7, 11) is 0. The first kappa shape index (κ1) is 15.8. The molecular weight excluding hydrogens is 268 g/mol. The van der Waals surface area contributed by atoms with Crippen LogP contribution in [0.3, 0.4) is 0 Å². The molecule has 1 unspecified atom stereocenters. The summed E-state index contributed by atoms with van der Waals surface area (Å²) in [5, 5.41) is 12.1. The van der Waals surface area contributed by atoms with Crippen molar-refractivity contribution in [3.8, 4) is 0 Å². The van der Waals surface area contributed by atoms with Crippen molar-refractivity contribution in [1.82, 2.24) is 10.2 Å². The van der Waals surface area contributed by atoms with E-state index >= 15 is 0 Å². The van der Waals surface area contributed by atoms with E-state index in [0.717, 1.165) is 25.0 Å². The number of hydrogen-bond acceptors (Lipinski definition) is 3. The van der Waals surface area contributed by atoms with Gasteiger partial charge in [0.25, 0.3) is 0 Å². The highest BCUT2D eigenvalue weighted by molar-refractivity contribution is 5.74. The van der Waals surface area contributed by atoms with E-state index < -0.39 is 0 Å². The van der Waals surface area contributed by atoms with Crippen LogP contribution in [0.2, 0.25) is 0 Å². The maximum absolute atomic E-state index is 12.3. The summed E-state index contributed by atoms with van der Waals surface area (Å²) in [4.78, 5) is 13.9. The topological polar surface area (TPSA) is 61.8 Å². The lowest BCUT2D eigenvalue weighted by molar-refractivity contribution is 0.0217. The van der Waals surface area contributed by atoms with Crippen LogP contribution in [0.5, 0.6) is 0 Å². The van der Waals surface area contributed by atoms with E-state index in [-0.39, 0.29) is 18.2 Å². The zero-order valence-electron chi connectivity index (χ0n) is 12.5. The monoisotopic (exact) mass is 292 g/mol. The number of carbonyl (C=O) groups is 1. The molecule has 1 saturated heterocycles. The number of amides is 2. The highest BCUT2D eigenvalue weighted by atomic mass is 16.5. The van der Waals surface area contributed by atoms with E-state index in [1.54, 1.807) is 4.90 Å². The van der Waals surface area contributed by atoms with Crippen molar-refractivity contribution in [3.05, 3.63) is 35.9 Å². The van der Waals surface area contributed by atoms with E-state index in [1.807, 2.05) is 37.3 Å². The molecule has 116 valence electrons. The summed E-state index contributed by atoms with van der Waals surface area (Å²) < 4.78 is 5.67. The number of urea groups is 1. The third kappa shape index (κ3) is 4.72. The van der Waals surface area contributed by atoms with Gasteiger partial charge in [0.15, 0.2) is 0 Å². The van der Waals surface area contributed by atoms with Crippen LogP contribution in [0.1, 0.15) is 25.3 Å². The zero-order valence-corrected chi connectivity index (χ0v) is 12.5. The van der Waals surface area contributed by atoms with Crippen LogP contribution in [-0.2, 0) is 11.3 Å². The molecule has 2 N–H and O–H groups in total. The number of carbonyl (C=O) groups excluding carboxylic acids is 1. The van der Waals surface area contributed by atoms with E-state index in [1.165, 1.54) is 0 Å². The lowest BCUT2D eigenvalue weighted by Gasteiger charge is -2.27. The van der Waals surface area contributed by atoms with Gasteiger partial charge in [0.05, 0.1) is 12.2 Å². The van der Waals surface area contributed by atoms with Gasteiger partial charge in [0.2, 0.25) is 0 Å². The summed E-state index contributed by atoms with van der Waals surface area (Å²) >= 11 is 0. The molecule has 1 aliphatic heterocycles. The Kier molecular flexibility index (Phi) is 5.59. The second kappa shape index (κ2) is 7.43. The molecule has 1 heterocycles. The standard InChI is InChI=1S/C16H24N2O3/c1-16(8-5-11-21-16)13-17-15(20)18(9-10-19)12-14-6-3-2-4-7-14/h2-4,6-7,19H,5,8-13H2,1H3,(H,17,20). The third-order valence-corrected chi connectivity index (χ3v) is 3.79.